The topological polar surface area (TPSA) is 8.17 Å². The molecule has 0 saturated carbocycles. The van der Waals surface area contributed by atoms with Gasteiger partial charge in [-0.3, -0.25) is 0 Å². The van der Waals surface area contributed by atoms with E-state index >= 15 is 0 Å². The predicted molar refractivity (Wildman–Crippen MR) is 333 cm³/mol. The highest BCUT2D eigenvalue weighted by Gasteiger charge is 2.46. The van der Waals surface area contributed by atoms with Crippen molar-refractivity contribution < 1.29 is 0 Å². The van der Waals surface area contributed by atoms with Crippen molar-refractivity contribution in [1.29, 1.82) is 0 Å². The van der Waals surface area contributed by atoms with Gasteiger partial charge in [0.15, 0.2) is 0 Å². The number of hydrogen-bond acceptors (Lipinski definition) is 1. The lowest BCUT2D eigenvalue weighted by Crippen LogP contribution is -2.28. The summed E-state index contributed by atoms with van der Waals surface area (Å²) in [5, 5.41) is 4.98. The fourth-order valence-electron chi connectivity index (χ4n) is 13.3. The summed E-state index contributed by atoms with van der Waals surface area (Å²) >= 11 is 0. The number of aromatic nitrogens is 1. The second-order valence-corrected chi connectivity index (χ2v) is 21.0. The molecule has 12 aromatic carbocycles. The average molecular weight is 1010 g/mol. The Kier molecular flexibility index (Phi) is 11.3. The molecule has 0 saturated heterocycles. The summed E-state index contributed by atoms with van der Waals surface area (Å²) in [6.45, 7) is 0. The summed E-state index contributed by atoms with van der Waals surface area (Å²) in [5.74, 6) is 0. The maximum Gasteiger partial charge on any atom is 0.0713 e. The van der Waals surface area contributed by atoms with E-state index in [1.165, 1.54) is 105 Å². The zero-order chi connectivity index (χ0) is 52.3. The van der Waals surface area contributed by atoms with E-state index in [4.69, 9.17) is 0 Å². The fraction of sp³-hybridized carbons (Fsp3) is 0.0390. The number of anilines is 3. The summed E-state index contributed by atoms with van der Waals surface area (Å²) in [7, 11) is 0. The van der Waals surface area contributed by atoms with Crippen molar-refractivity contribution in [3.8, 4) is 55.6 Å². The van der Waals surface area contributed by atoms with Gasteiger partial charge in [-0.2, -0.15) is 0 Å². The van der Waals surface area contributed by atoms with Crippen LogP contribution in [-0.2, 0) is 5.41 Å². The molecule has 2 heteroatoms. The first-order chi connectivity index (χ1) is 39.2. The van der Waals surface area contributed by atoms with Crippen LogP contribution in [0.3, 0.4) is 0 Å². The van der Waals surface area contributed by atoms with Gasteiger partial charge in [-0.25, -0.2) is 0 Å². The molecule has 0 spiro atoms. The average Bonchev–Trinajstić information content (AvgIpc) is 3.91. The Balaban J connectivity index is 0.890. The first-order valence-corrected chi connectivity index (χ1v) is 27.6. The SMILES string of the molecule is C1=CC(n2c3ccccc3c3c(-c4ccc(N(c5ccc(-c6ccc7c(c6)C(c6ccccc6)(c6ccccc6)c6ccccc6-7)cc5)c5ccccc5-c5cccc6cccc(-c7ccccc7)c56)cc4)cccc32)=CCC1. The van der Waals surface area contributed by atoms with Crippen molar-refractivity contribution in [3.63, 3.8) is 0 Å². The van der Waals surface area contributed by atoms with Crippen LogP contribution in [-0.4, -0.2) is 4.57 Å². The molecule has 0 aliphatic heterocycles. The molecule has 2 nitrogen and oxygen atoms in total. The molecule has 1 aromatic heterocycles. The molecule has 0 radical (unpaired) electrons. The van der Waals surface area contributed by atoms with Crippen LogP contribution >= 0.6 is 0 Å². The third-order valence-corrected chi connectivity index (χ3v) is 16.7. The molecule has 13 aromatic rings. The number of allylic oxidation sites excluding steroid dienone is 4. The molecule has 0 fully saturated rings. The van der Waals surface area contributed by atoms with Crippen molar-refractivity contribution in [1.82, 2.24) is 4.57 Å². The Hall–Kier alpha value is -10.0. The highest BCUT2D eigenvalue weighted by Crippen LogP contribution is 2.57. The Morgan fingerprint density at radius 2 is 0.873 bits per heavy atom. The van der Waals surface area contributed by atoms with Gasteiger partial charge >= 0.3 is 0 Å². The van der Waals surface area contributed by atoms with Crippen LogP contribution in [0.25, 0.3) is 93.9 Å². The molecule has 0 unspecified atom stereocenters. The standard InChI is InChI=1S/C77H54N2/c1-5-22-54(23-6-1)63-35-19-24-56-25-20-37-68(75(56)63)67-33-14-17-39-72(67)78(62-49-44-55(45-50-62)64-36-21-41-74-76(64)69-34-15-18-40-73(69)79(74)60-30-11-4-12-31-60)61-47-42-53(43-48-61)57-46-51-66-65-32-13-16-38-70(65)77(71(66)52-57,58-26-7-2-8-27-58)59-28-9-3-10-29-59/h1-3,5-11,13-52H,4,12H2. The molecule has 0 amide bonds. The third kappa shape index (κ3) is 7.55. The molecule has 2 aliphatic rings. The summed E-state index contributed by atoms with van der Waals surface area (Å²) in [6.07, 6.45) is 9.08. The van der Waals surface area contributed by atoms with Crippen molar-refractivity contribution in [3.05, 3.63) is 326 Å². The number of rotatable bonds is 10. The molecule has 2 aliphatic carbocycles. The van der Waals surface area contributed by atoms with Gasteiger partial charge in [0, 0.05) is 33.4 Å². The quantitative estimate of drug-likeness (QED) is 0.133. The van der Waals surface area contributed by atoms with Crippen molar-refractivity contribution in [2.45, 2.75) is 18.3 Å². The number of para-hydroxylation sites is 2. The largest absolute Gasteiger partial charge is 0.310 e. The van der Waals surface area contributed by atoms with Crippen LogP contribution in [0.15, 0.2) is 303 Å². The number of benzene rings is 12. The summed E-state index contributed by atoms with van der Waals surface area (Å²) < 4.78 is 2.45. The monoisotopic (exact) mass is 1010 g/mol. The minimum absolute atomic E-state index is 0.480. The second-order valence-electron chi connectivity index (χ2n) is 21.0. The van der Waals surface area contributed by atoms with Gasteiger partial charge in [0.1, 0.15) is 0 Å². The highest BCUT2D eigenvalue weighted by molar-refractivity contribution is 6.17. The zero-order valence-corrected chi connectivity index (χ0v) is 43.7. The van der Waals surface area contributed by atoms with Gasteiger partial charge in [0.25, 0.3) is 0 Å². The van der Waals surface area contributed by atoms with Crippen LogP contribution in [0.2, 0.25) is 0 Å². The second kappa shape index (κ2) is 19.2. The van der Waals surface area contributed by atoms with Crippen LogP contribution in [0, 0.1) is 0 Å². The summed E-state index contributed by atoms with van der Waals surface area (Å²) in [5.41, 5.74) is 23.7. The van der Waals surface area contributed by atoms with Crippen LogP contribution in [0.5, 0.6) is 0 Å². The minimum atomic E-state index is -0.480. The Bertz CT molecular complexity index is 4460. The lowest BCUT2D eigenvalue weighted by atomic mass is 9.67. The normalized spacial score (nSPS) is 13.3. The molecule has 0 atom stereocenters. The Morgan fingerprint density at radius 1 is 0.342 bits per heavy atom. The van der Waals surface area contributed by atoms with Gasteiger partial charge in [0.2, 0.25) is 0 Å². The molecule has 0 bridgehead atoms. The summed E-state index contributed by atoms with van der Waals surface area (Å²) in [6, 6.07) is 106. The van der Waals surface area contributed by atoms with Gasteiger partial charge in [-0.1, -0.05) is 249 Å². The molecule has 15 rings (SSSR count). The van der Waals surface area contributed by atoms with Crippen molar-refractivity contribution in [2.24, 2.45) is 0 Å². The van der Waals surface area contributed by atoms with E-state index in [2.05, 4.69) is 313 Å². The van der Waals surface area contributed by atoms with E-state index < -0.39 is 5.41 Å². The molecule has 1 heterocycles. The molecule has 79 heavy (non-hydrogen) atoms. The van der Waals surface area contributed by atoms with Crippen LogP contribution in [0.4, 0.5) is 17.1 Å². The van der Waals surface area contributed by atoms with Gasteiger partial charge < -0.3 is 9.47 Å². The third-order valence-electron chi connectivity index (χ3n) is 16.7. The van der Waals surface area contributed by atoms with E-state index in [0.717, 1.165) is 41.0 Å². The maximum atomic E-state index is 2.46. The fourth-order valence-corrected chi connectivity index (χ4v) is 13.3. The maximum absolute atomic E-state index is 2.46. The van der Waals surface area contributed by atoms with Gasteiger partial charge in [-0.15, -0.1) is 0 Å². The smallest absolute Gasteiger partial charge is 0.0713 e. The van der Waals surface area contributed by atoms with E-state index in [1.54, 1.807) is 0 Å². The number of nitrogens with zero attached hydrogens (tertiary/aromatic N) is 2. The lowest BCUT2D eigenvalue weighted by molar-refractivity contribution is 0.769. The van der Waals surface area contributed by atoms with E-state index in [-0.39, 0.29) is 0 Å². The van der Waals surface area contributed by atoms with Crippen LogP contribution in [0.1, 0.15) is 35.1 Å². The molecule has 372 valence electrons. The van der Waals surface area contributed by atoms with Crippen molar-refractivity contribution >= 4 is 55.3 Å². The predicted octanol–water partition coefficient (Wildman–Crippen LogP) is 20.6. The number of hydrogen-bond donors (Lipinski definition) is 0. The summed E-state index contributed by atoms with van der Waals surface area (Å²) in [4.78, 5) is 2.45. The Labute approximate surface area is 461 Å². The minimum Gasteiger partial charge on any atom is -0.310 e. The van der Waals surface area contributed by atoms with Gasteiger partial charge in [0.05, 0.1) is 22.1 Å². The van der Waals surface area contributed by atoms with Gasteiger partial charge in [-0.05, 0) is 151 Å². The van der Waals surface area contributed by atoms with E-state index in [9.17, 15) is 0 Å². The molecule has 0 N–H and O–H groups in total. The highest BCUT2D eigenvalue weighted by atomic mass is 15.1. The zero-order valence-electron chi connectivity index (χ0n) is 43.7. The first kappa shape index (κ1) is 46.3. The van der Waals surface area contributed by atoms with E-state index in [1.807, 2.05) is 0 Å². The Morgan fingerprint density at radius 3 is 1.58 bits per heavy atom. The molecular weight excluding hydrogens is 953 g/mol. The first-order valence-electron chi connectivity index (χ1n) is 27.6. The number of fused-ring (bicyclic) bond motifs is 7. The van der Waals surface area contributed by atoms with Crippen molar-refractivity contribution in [2.75, 3.05) is 4.90 Å². The van der Waals surface area contributed by atoms with Crippen LogP contribution < -0.4 is 4.90 Å². The lowest BCUT2D eigenvalue weighted by Gasteiger charge is -2.34. The van der Waals surface area contributed by atoms with E-state index in [0.29, 0.717) is 0 Å². The molecular formula is C77H54N2.